The first-order valence-electron chi connectivity index (χ1n) is 7.41. The molecule has 0 unspecified atom stereocenters. The minimum atomic E-state index is -0.355. The Kier molecular flexibility index (Phi) is 5.08. The molecule has 0 aliphatic heterocycles. The minimum absolute atomic E-state index is 0.156. The molecule has 0 fully saturated rings. The Morgan fingerprint density at radius 2 is 1.79 bits per heavy atom. The van der Waals surface area contributed by atoms with Gasteiger partial charge in [0, 0.05) is 5.56 Å². The van der Waals surface area contributed by atoms with E-state index in [2.05, 4.69) is 10.5 Å². The van der Waals surface area contributed by atoms with Gasteiger partial charge in [-0.1, -0.05) is 66.2 Å². The zero-order valence-electron chi connectivity index (χ0n) is 12.8. The Hall–Kier alpha value is -2.85. The summed E-state index contributed by atoms with van der Waals surface area (Å²) in [5.41, 5.74) is 3.38. The maximum absolute atomic E-state index is 11.8. The first-order valence-corrected chi connectivity index (χ1v) is 7.79. The molecule has 0 bridgehead atoms. The fourth-order valence-corrected chi connectivity index (χ4v) is 2.46. The van der Waals surface area contributed by atoms with Crippen molar-refractivity contribution in [2.45, 2.75) is 0 Å². The van der Waals surface area contributed by atoms with E-state index in [0.717, 1.165) is 16.3 Å². The molecule has 0 aliphatic carbocycles. The van der Waals surface area contributed by atoms with E-state index in [9.17, 15) is 4.79 Å². The molecule has 0 radical (unpaired) electrons. The van der Waals surface area contributed by atoms with Crippen molar-refractivity contribution in [1.29, 1.82) is 0 Å². The van der Waals surface area contributed by atoms with Crippen molar-refractivity contribution < 1.29 is 9.53 Å². The van der Waals surface area contributed by atoms with Crippen LogP contribution in [-0.4, -0.2) is 18.7 Å². The number of hydrogen-bond donors (Lipinski definition) is 1. The predicted octanol–water partition coefficient (Wildman–Crippen LogP) is 4.02. The second-order valence-corrected chi connectivity index (χ2v) is 5.49. The van der Waals surface area contributed by atoms with Gasteiger partial charge in [0.05, 0.1) is 11.2 Å². The van der Waals surface area contributed by atoms with Gasteiger partial charge >= 0.3 is 0 Å². The molecular weight excluding hydrogens is 324 g/mol. The summed E-state index contributed by atoms with van der Waals surface area (Å²) < 4.78 is 5.35. The summed E-state index contributed by atoms with van der Waals surface area (Å²) in [6, 6.07) is 20.9. The molecule has 0 saturated heterocycles. The van der Waals surface area contributed by atoms with Gasteiger partial charge in [0.1, 0.15) is 5.75 Å². The van der Waals surface area contributed by atoms with Crippen molar-refractivity contribution in [3.05, 3.63) is 77.3 Å². The average molecular weight is 339 g/mol. The van der Waals surface area contributed by atoms with E-state index in [1.54, 1.807) is 30.5 Å². The predicted molar refractivity (Wildman–Crippen MR) is 96.6 cm³/mol. The number of hydrogen-bond acceptors (Lipinski definition) is 3. The van der Waals surface area contributed by atoms with Crippen LogP contribution in [0.3, 0.4) is 0 Å². The topological polar surface area (TPSA) is 50.7 Å². The summed E-state index contributed by atoms with van der Waals surface area (Å²) in [6.45, 7) is -0.156. The third-order valence-electron chi connectivity index (χ3n) is 3.41. The fourth-order valence-electron chi connectivity index (χ4n) is 2.27. The second-order valence-electron chi connectivity index (χ2n) is 5.08. The number of para-hydroxylation sites is 1. The van der Waals surface area contributed by atoms with Gasteiger partial charge < -0.3 is 4.74 Å². The summed E-state index contributed by atoms with van der Waals surface area (Å²) in [5.74, 6) is 0.110. The van der Waals surface area contributed by atoms with E-state index >= 15 is 0 Å². The van der Waals surface area contributed by atoms with Gasteiger partial charge in [0.15, 0.2) is 6.61 Å². The Morgan fingerprint density at radius 3 is 2.67 bits per heavy atom. The summed E-state index contributed by atoms with van der Waals surface area (Å²) in [5, 5.41) is 6.65. The highest BCUT2D eigenvalue weighted by Crippen LogP contribution is 2.22. The number of carbonyl (C=O) groups excluding carboxylic acids is 1. The number of hydrazone groups is 1. The Morgan fingerprint density at radius 1 is 1.04 bits per heavy atom. The Labute approximate surface area is 144 Å². The van der Waals surface area contributed by atoms with Crippen LogP contribution >= 0.6 is 11.6 Å². The number of nitrogens with zero attached hydrogens (tertiary/aromatic N) is 1. The van der Waals surface area contributed by atoms with Crippen molar-refractivity contribution in [3.63, 3.8) is 0 Å². The van der Waals surface area contributed by atoms with Crippen LogP contribution < -0.4 is 10.2 Å². The SMILES string of the molecule is O=C(COc1ccccc1Cl)NN=Cc1cccc2ccccc12. The molecule has 0 aliphatic rings. The zero-order valence-corrected chi connectivity index (χ0v) is 13.5. The molecule has 0 saturated carbocycles. The minimum Gasteiger partial charge on any atom is -0.482 e. The van der Waals surface area contributed by atoms with Crippen LogP contribution in [0.4, 0.5) is 0 Å². The monoisotopic (exact) mass is 338 g/mol. The van der Waals surface area contributed by atoms with Crippen molar-refractivity contribution in [2.75, 3.05) is 6.61 Å². The van der Waals surface area contributed by atoms with E-state index < -0.39 is 0 Å². The lowest BCUT2D eigenvalue weighted by Gasteiger charge is -2.06. The van der Waals surface area contributed by atoms with Gasteiger partial charge in [-0.3, -0.25) is 4.79 Å². The first-order chi connectivity index (χ1) is 11.7. The van der Waals surface area contributed by atoms with Crippen LogP contribution in [0.15, 0.2) is 71.8 Å². The van der Waals surface area contributed by atoms with Gasteiger partial charge in [-0.15, -0.1) is 0 Å². The van der Waals surface area contributed by atoms with Crippen molar-refractivity contribution in [2.24, 2.45) is 5.10 Å². The van der Waals surface area contributed by atoms with Crippen LogP contribution in [0.2, 0.25) is 5.02 Å². The maximum atomic E-state index is 11.8. The number of nitrogens with one attached hydrogen (secondary N) is 1. The van der Waals surface area contributed by atoms with Crippen LogP contribution in [0.5, 0.6) is 5.75 Å². The molecule has 3 rings (SSSR count). The van der Waals surface area contributed by atoms with Crippen molar-refractivity contribution in [1.82, 2.24) is 5.43 Å². The number of ether oxygens (including phenoxy) is 1. The zero-order chi connectivity index (χ0) is 16.8. The Balaban J connectivity index is 1.59. The highest BCUT2D eigenvalue weighted by molar-refractivity contribution is 6.32. The van der Waals surface area contributed by atoms with Crippen LogP contribution in [-0.2, 0) is 4.79 Å². The highest BCUT2D eigenvalue weighted by Gasteiger charge is 2.04. The number of benzene rings is 3. The molecule has 3 aromatic rings. The quantitative estimate of drug-likeness (QED) is 0.564. The van der Waals surface area contributed by atoms with Crippen LogP contribution in [0, 0.1) is 0 Å². The molecule has 0 atom stereocenters. The summed E-state index contributed by atoms with van der Waals surface area (Å²) >= 11 is 5.96. The van der Waals surface area contributed by atoms with E-state index in [-0.39, 0.29) is 12.5 Å². The largest absolute Gasteiger partial charge is 0.482 e. The summed E-state index contributed by atoms with van der Waals surface area (Å²) in [6.07, 6.45) is 1.62. The fraction of sp³-hybridized carbons (Fsp3) is 0.0526. The van der Waals surface area contributed by atoms with Gasteiger partial charge in [-0.2, -0.15) is 5.10 Å². The van der Waals surface area contributed by atoms with Crippen molar-refractivity contribution >= 4 is 34.5 Å². The van der Waals surface area contributed by atoms with Crippen molar-refractivity contribution in [3.8, 4) is 5.75 Å². The third kappa shape index (κ3) is 3.91. The lowest BCUT2D eigenvalue weighted by Crippen LogP contribution is -2.24. The summed E-state index contributed by atoms with van der Waals surface area (Å²) in [4.78, 5) is 11.8. The molecule has 3 aromatic carbocycles. The molecule has 1 N–H and O–H groups in total. The van der Waals surface area contributed by atoms with Crippen LogP contribution in [0.1, 0.15) is 5.56 Å². The lowest BCUT2D eigenvalue weighted by atomic mass is 10.1. The maximum Gasteiger partial charge on any atom is 0.277 e. The van der Waals surface area contributed by atoms with Gasteiger partial charge in [0.25, 0.3) is 5.91 Å². The molecule has 4 nitrogen and oxygen atoms in total. The first kappa shape index (κ1) is 16.0. The molecular formula is C19H15ClN2O2. The lowest BCUT2D eigenvalue weighted by molar-refractivity contribution is -0.123. The van der Waals surface area contributed by atoms with Gasteiger partial charge in [0.2, 0.25) is 0 Å². The number of halogens is 1. The summed E-state index contributed by atoms with van der Waals surface area (Å²) in [7, 11) is 0. The Bertz CT molecular complexity index is 888. The standard InChI is InChI=1S/C19H15ClN2O2/c20-17-10-3-4-11-18(17)24-13-19(23)22-21-12-15-8-5-7-14-6-1-2-9-16(14)15/h1-12H,13H2,(H,22,23). The molecule has 24 heavy (non-hydrogen) atoms. The van der Waals surface area contributed by atoms with Gasteiger partial charge in [-0.25, -0.2) is 5.43 Å². The number of carbonyl (C=O) groups is 1. The number of amides is 1. The normalized spacial score (nSPS) is 10.9. The second kappa shape index (κ2) is 7.62. The molecule has 0 heterocycles. The number of fused-ring (bicyclic) bond motifs is 1. The molecule has 120 valence electrons. The van der Waals surface area contributed by atoms with E-state index in [0.29, 0.717) is 10.8 Å². The average Bonchev–Trinajstić information content (AvgIpc) is 2.61. The van der Waals surface area contributed by atoms with E-state index in [1.807, 2.05) is 42.5 Å². The molecule has 0 aromatic heterocycles. The molecule has 5 heteroatoms. The van der Waals surface area contributed by atoms with Gasteiger partial charge in [-0.05, 0) is 22.9 Å². The van der Waals surface area contributed by atoms with E-state index in [4.69, 9.17) is 16.3 Å². The highest BCUT2D eigenvalue weighted by atomic mass is 35.5. The number of rotatable bonds is 5. The van der Waals surface area contributed by atoms with E-state index in [1.165, 1.54) is 0 Å². The van der Waals surface area contributed by atoms with Crippen LogP contribution in [0.25, 0.3) is 10.8 Å². The smallest absolute Gasteiger partial charge is 0.277 e. The molecule has 0 spiro atoms. The third-order valence-corrected chi connectivity index (χ3v) is 3.72. The molecule has 1 amide bonds.